The summed E-state index contributed by atoms with van der Waals surface area (Å²) in [6.45, 7) is 2.84. The monoisotopic (exact) mass is 263 g/mol. The standard InChI is InChI=1S/C10H21N3O3S/c1-9(8-11-17(15,16)12(2)3)13-7-5-4-6-10(13)14/h9,11H,4-8H2,1-3H3/t9-/m0/s1. The molecular formula is C10H21N3O3S. The van der Waals surface area contributed by atoms with Gasteiger partial charge in [0.1, 0.15) is 0 Å². The molecular weight excluding hydrogens is 242 g/mol. The second kappa shape index (κ2) is 5.79. The molecule has 1 saturated heterocycles. The summed E-state index contributed by atoms with van der Waals surface area (Å²) in [6, 6.07) is -0.0995. The molecule has 0 aromatic carbocycles. The molecule has 1 aliphatic rings. The van der Waals surface area contributed by atoms with Gasteiger partial charge in [-0.05, 0) is 19.8 Å². The number of carbonyl (C=O) groups excluding carboxylic acids is 1. The number of likely N-dealkylation sites (tertiary alicyclic amines) is 1. The maximum atomic E-state index is 11.6. The van der Waals surface area contributed by atoms with Crippen LogP contribution in [0.1, 0.15) is 26.2 Å². The van der Waals surface area contributed by atoms with E-state index >= 15 is 0 Å². The average molecular weight is 263 g/mol. The first-order chi connectivity index (χ1) is 7.84. The lowest BCUT2D eigenvalue weighted by atomic mass is 10.1. The minimum atomic E-state index is -3.40. The van der Waals surface area contributed by atoms with E-state index in [-0.39, 0.29) is 18.5 Å². The van der Waals surface area contributed by atoms with Crippen molar-refractivity contribution in [3.63, 3.8) is 0 Å². The molecule has 0 aliphatic carbocycles. The number of carbonyl (C=O) groups is 1. The summed E-state index contributed by atoms with van der Waals surface area (Å²) in [4.78, 5) is 13.4. The number of hydrogen-bond donors (Lipinski definition) is 1. The van der Waals surface area contributed by atoms with Gasteiger partial charge in [-0.25, -0.2) is 4.72 Å². The summed E-state index contributed by atoms with van der Waals surface area (Å²) >= 11 is 0. The minimum Gasteiger partial charge on any atom is -0.339 e. The molecule has 0 aromatic rings. The maximum absolute atomic E-state index is 11.6. The Hall–Kier alpha value is -0.660. The molecule has 17 heavy (non-hydrogen) atoms. The molecule has 1 atom stereocenters. The van der Waals surface area contributed by atoms with Crippen LogP contribution < -0.4 is 4.72 Å². The summed E-state index contributed by atoms with van der Waals surface area (Å²) < 4.78 is 26.6. The van der Waals surface area contributed by atoms with Crippen molar-refractivity contribution in [2.24, 2.45) is 0 Å². The molecule has 0 bridgehead atoms. The lowest BCUT2D eigenvalue weighted by Crippen LogP contribution is -2.48. The Morgan fingerprint density at radius 3 is 2.59 bits per heavy atom. The number of rotatable bonds is 5. The van der Waals surface area contributed by atoms with E-state index in [0.29, 0.717) is 6.42 Å². The van der Waals surface area contributed by atoms with Gasteiger partial charge in [0, 0.05) is 39.6 Å². The quantitative estimate of drug-likeness (QED) is 0.746. The Morgan fingerprint density at radius 1 is 1.41 bits per heavy atom. The summed E-state index contributed by atoms with van der Waals surface area (Å²) in [7, 11) is -0.461. The fourth-order valence-electron chi connectivity index (χ4n) is 1.76. The second-order valence-electron chi connectivity index (χ2n) is 4.53. The van der Waals surface area contributed by atoms with Crippen molar-refractivity contribution >= 4 is 16.1 Å². The van der Waals surface area contributed by atoms with Gasteiger partial charge in [0.2, 0.25) is 5.91 Å². The zero-order chi connectivity index (χ0) is 13.1. The molecule has 7 heteroatoms. The van der Waals surface area contributed by atoms with Gasteiger partial charge in [0.05, 0.1) is 0 Å². The molecule has 0 spiro atoms. The normalized spacial score (nSPS) is 19.8. The third-order valence-corrected chi connectivity index (χ3v) is 4.43. The van der Waals surface area contributed by atoms with Gasteiger partial charge in [-0.15, -0.1) is 0 Å². The van der Waals surface area contributed by atoms with Crippen molar-refractivity contribution in [2.75, 3.05) is 27.2 Å². The molecule has 1 rings (SSSR count). The van der Waals surface area contributed by atoms with Gasteiger partial charge < -0.3 is 4.90 Å². The first kappa shape index (κ1) is 14.4. The van der Waals surface area contributed by atoms with Crippen molar-refractivity contribution in [1.29, 1.82) is 0 Å². The minimum absolute atomic E-state index is 0.0995. The molecule has 1 N–H and O–H groups in total. The number of nitrogens with one attached hydrogen (secondary N) is 1. The predicted octanol–water partition coefficient (Wildman–Crippen LogP) is -0.217. The molecule has 1 heterocycles. The number of hydrogen-bond acceptors (Lipinski definition) is 3. The number of amides is 1. The SMILES string of the molecule is C[C@@H](CNS(=O)(=O)N(C)C)N1CCCCC1=O. The molecule has 0 saturated carbocycles. The summed E-state index contributed by atoms with van der Waals surface area (Å²) in [5.74, 6) is 0.118. The van der Waals surface area contributed by atoms with Gasteiger partial charge in [-0.3, -0.25) is 4.79 Å². The fourth-order valence-corrected chi connectivity index (χ4v) is 2.47. The lowest BCUT2D eigenvalue weighted by molar-refractivity contribution is -0.135. The van der Waals surface area contributed by atoms with Crippen LogP contribution in [0, 0.1) is 0 Å². The highest BCUT2D eigenvalue weighted by Crippen LogP contribution is 2.13. The van der Waals surface area contributed by atoms with Crippen molar-refractivity contribution in [3.8, 4) is 0 Å². The highest BCUT2D eigenvalue weighted by molar-refractivity contribution is 7.87. The van der Waals surface area contributed by atoms with Crippen molar-refractivity contribution in [1.82, 2.24) is 13.9 Å². The van der Waals surface area contributed by atoms with Crippen LogP contribution in [-0.4, -0.2) is 56.8 Å². The average Bonchev–Trinajstić information content (AvgIpc) is 2.26. The van der Waals surface area contributed by atoms with E-state index in [9.17, 15) is 13.2 Å². The third-order valence-electron chi connectivity index (χ3n) is 2.93. The van der Waals surface area contributed by atoms with E-state index < -0.39 is 10.2 Å². The molecule has 6 nitrogen and oxygen atoms in total. The van der Waals surface area contributed by atoms with E-state index in [1.54, 1.807) is 4.90 Å². The van der Waals surface area contributed by atoms with Crippen LogP contribution in [0.5, 0.6) is 0 Å². The Bertz CT molecular complexity index is 367. The van der Waals surface area contributed by atoms with Crippen LogP contribution in [-0.2, 0) is 15.0 Å². The van der Waals surface area contributed by atoms with Crippen LogP contribution in [0.3, 0.4) is 0 Å². The van der Waals surface area contributed by atoms with Crippen LogP contribution in [0.2, 0.25) is 0 Å². The topological polar surface area (TPSA) is 69.7 Å². The van der Waals surface area contributed by atoms with Crippen molar-refractivity contribution in [2.45, 2.75) is 32.2 Å². The molecule has 0 radical (unpaired) electrons. The largest absolute Gasteiger partial charge is 0.339 e. The Balaban J connectivity index is 2.49. The van der Waals surface area contributed by atoms with Crippen LogP contribution in [0.15, 0.2) is 0 Å². The van der Waals surface area contributed by atoms with E-state index in [2.05, 4.69) is 4.72 Å². The first-order valence-electron chi connectivity index (χ1n) is 5.81. The highest BCUT2D eigenvalue weighted by atomic mass is 32.2. The summed E-state index contributed by atoms with van der Waals surface area (Å²) in [5.41, 5.74) is 0. The fraction of sp³-hybridized carbons (Fsp3) is 0.900. The Morgan fingerprint density at radius 2 is 2.06 bits per heavy atom. The number of piperidine rings is 1. The van der Waals surface area contributed by atoms with E-state index in [1.165, 1.54) is 14.1 Å². The molecule has 0 aromatic heterocycles. The zero-order valence-corrected chi connectivity index (χ0v) is 11.5. The Kier molecular flexibility index (Phi) is 4.91. The van der Waals surface area contributed by atoms with E-state index in [1.807, 2.05) is 6.92 Å². The third kappa shape index (κ3) is 3.93. The van der Waals surface area contributed by atoms with Crippen LogP contribution >= 0.6 is 0 Å². The molecule has 1 amide bonds. The molecule has 1 aliphatic heterocycles. The zero-order valence-electron chi connectivity index (χ0n) is 10.6. The molecule has 0 unspecified atom stereocenters. The smallest absolute Gasteiger partial charge is 0.279 e. The van der Waals surface area contributed by atoms with Gasteiger partial charge in [0.15, 0.2) is 0 Å². The summed E-state index contributed by atoms with van der Waals surface area (Å²) in [5, 5.41) is 0. The van der Waals surface area contributed by atoms with Crippen molar-refractivity contribution in [3.05, 3.63) is 0 Å². The highest BCUT2D eigenvalue weighted by Gasteiger charge is 2.24. The number of nitrogens with zero attached hydrogens (tertiary/aromatic N) is 2. The van der Waals surface area contributed by atoms with Gasteiger partial charge in [0.25, 0.3) is 10.2 Å². The van der Waals surface area contributed by atoms with Gasteiger partial charge >= 0.3 is 0 Å². The lowest BCUT2D eigenvalue weighted by Gasteiger charge is -2.32. The summed E-state index contributed by atoms with van der Waals surface area (Å²) in [6.07, 6.45) is 2.51. The predicted molar refractivity (Wildman–Crippen MR) is 65.6 cm³/mol. The molecule has 100 valence electrons. The van der Waals surface area contributed by atoms with E-state index in [0.717, 1.165) is 23.7 Å². The van der Waals surface area contributed by atoms with Crippen molar-refractivity contribution < 1.29 is 13.2 Å². The van der Waals surface area contributed by atoms with Crippen LogP contribution in [0.25, 0.3) is 0 Å². The van der Waals surface area contributed by atoms with Gasteiger partial charge in [-0.1, -0.05) is 0 Å². The second-order valence-corrected chi connectivity index (χ2v) is 6.50. The molecule has 1 fully saturated rings. The van der Waals surface area contributed by atoms with E-state index in [4.69, 9.17) is 0 Å². The maximum Gasteiger partial charge on any atom is 0.279 e. The Labute approximate surface area is 103 Å². The first-order valence-corrected chi connectivity index (χ1v) is 7.25. The van der Waals surface area contributed by atoms with Gasteiger partial charge in [-0.2, -0.15) is 12.7 Å². The van der Waals surface area contributed by atoms with Crippen LogP contribution in [0.4, 0.5) is 0 Å².